The van der Waals surface area contributed by atoms with Crippen molar-refractivity contribution in [3.8, 4) is 17.1 Å². The maximum atomic E-state index is 5.49. The molecular weight excluding hydrogens is 300 g/mol. The summed E-state index contributed by atoms with van der Waals surface area (Å²) in [6.07, 6.45) is 14.5. The summed E-state index contributed by atoms with van der Waals surface area (Å²) in [6.45, 7) is 0. The summed E-state index contributed by atoms with van der Waals surface area (Å²) >= 11 is 0. The van der Waals surface area contributed by atoms with Crippen molar-refractivity contribution < 1.29 is 4.74 Å². The molecule has 0 amide bonds. The van der Waals surface area contributed by atoms with E-state index < -0.39 is 0 Å². The van der Waals surface area contributed by atoms with Crippen molar-refractivity contribution in [1.29, 1.82) is 0 Å². The first kappa shape index (κ1) is 15.1. The lowest BCUT2D eigenvalue weighted by Crippen LogP contribution is -2.22. The molecule has 1 aliphatic rings. The number of benzene rings is 1. The van der Waals surface area contributed by atoms with Crippen LogP contribution in [0.2, 0.25) is 0 Å². The average Bonchev–Trinajstić information content (AvgIpc) is 3.34. The van der Waals surface area contributed by atoms with Gasteiger partial charge in [0.2, 0.25) is 0 Å². The zero-order valence-corrected chi connectivity index (χ0v) is 13.9. The van der Waals surface area contributed by atoms with Crippen LogP contribution in [-0.2, 0) is 4.74 Å². The Hall–Kier alpha value is -2.40. The van der Waals surface area contributed by atoms with Crippen molar-refractivity contribution in [3.05, 3.63) is 55.4 Å². The van der Waals surface area contributed by atoms with Gasteiger partial charge < -0.3 is 13.9 Å². The second-order valence-electron chi connectivity index (χ2n) is 6.34. The normalized spacial score (nSPS) is 21.0. The zero-order valence-electron chi connectivity index (χ0n) is 13.9. The number of imidazole rings is 2. The molecule has 5 nitrogen and oxygen atoms in total. The summed E-state index contributed by atoms with van der Waals surface area (Å²) in [5.41, 5.74) is 2.26. The Bertz CT molecular complexity index is 768. The smallest absolute Gasteiger partial charge is 0.140 e. The number of nitrogens with zero attached hydrogens (tertiary/aromatic N) is 4. The molecule has 0 bridgehead atoms. The third-order valence-corrected chi connectivity index (χ3v) is 4.97. The number of rotatable bonds is 4. The van der Waals surface area contributed by atoms with Gasteiger partial charge in [0.25, 0.3) is 0 Å². The fourth-order valence-corrected chi connectivity index (χ4v) is 3.58. The molecule has 0 saturated heterocycles. The van der Waals surface area contributed by atoms with E-state index in [2.05, 4.69) is 45.0 Å². The molecule has 0 atom stereocenters. The van der Waals surface area contributed by atoms with Gasteiger partial charge in [-0.3, -0.25) is 0 Å². The Labute approximate surface area is 141 Å². The lowest BCUT2D eigenvalue weighted by Gasteiger charge is -2.29. The van der Waals surface area contributed by atoms with Gasteiger partial charge in [0.1, 0.15) is 5.82 Å². The fourth-order valence-electron chi connectivity index (χ4n) is 3.58. The van der Waals surface area contributed by atoms with Gasteiger partial charge in [0.05, 0.1) is 12.4 Å². The minimum absolute atomic E-state index is 0.419. The van der Waals surface area contributed by atoms with E-state index in [1.807, 2.05) is 30.4 Å². The van der Waals surface area contributed by atoms with Crippen molar-refractivity contribution in [1.82, 2.24) is 19.1 Å². The zero-order chi connectivity index (χ0) is 16.4. The second kappa shape index (κ2) is 6.61. The third-order valence-electron chi connectivity index (χ3n) is 4.97. The van der Waals surface area contributed by atoms with Crippen LogP contribution in [0.4, 0.5) is 0 Å². The number of aromatic nitrogens is 4. The summed E-state index contributed by atoms with van der Waals surface area (Å²) in [7, 11) is 1.81. The van der Waals surface area contributed by atoms with Crippen LogP contribution in [0.15, 0.2) is 55.4 Å². The standard InChI is InChI=1S/C19H22N4O/c1-24-18-8-6-17(7-9-18)23-13-11-21-19(23)15-2-4-16(5-3-15)22-12-10-20-14-22/h2-5,10-14,17-18H,6-9H2,1H3. The molecule has 2 aromatic heterocycles. The van der Waals surface area contributed by atoms with Crippen molar-refractivity contribution >= 4 is 0 Å². The lowest BCUT2D eigenvalue weighted by atomic mass is 9.92. The highest BCUT2D eigenvalue weighted by Crippen LogP contribution is 2.33. The van der Waals surface area contributed by atoms with E-state index in [1.165, 1.54) is 0 Å². The van der Waals surface area contributed by atoms with Crippen LogP contribution in [0.5, 0.6) is 0 Å². The molecule has 0 radical (unpaired) electrons. The van der Waals surface area contributed by atoms with Gasteiger partial charge in [0.15, 0.2) is 0 Å². The molecule has 1 fully saturated rings. The van der Waals surface area contributed by atoms with Crippen LogP contribution in [-0.4, -0.2) is 32.3 Å². The molecule has 0 N–H and O–H groups in total. The SMILES string of the molecule is COC1CCC(n2ccnc2-c2ccc(-n3ccnc3)cc2)CC1. The van der Waals surface area contributed by atoms with Crippen molar-refractivity contribution in [2.75, 3.05) is 7.11 Å². The maximum Gasteiger partial charge on any atom is 0.140 e. The van der Waals surface area contributed by atoms with E-state index in [0.717, 1.165) is 42.8 Å². The quantitative estimate of drug-likeness (QED) is 0.732. The summed E-state index contributed by atoms with van der Waals surface area (Å²) in [5, 5.41) is 0. The Morgan fingerprint density at radius 1 is 1.00 bits per heavy atom. The number of hydrogen-bond donors (Lipinski definition) is 0. The average molecular weight is 322 g/mol. The molecule has 3 aromatic rings. The number of methoxy groups -OCH3 is 1. The first-order chi connectivity index (χ1) is 11.8. The fraction of sp³-hybridized carbons (Fsp3) is 0.368. The molecule has 1 saturated carbocycles. The molecular formula is C19H22N4O. The van der Waals surface area contributed by atoms with Gasteiger partial charge in [-0.2, -0.15) is 0 Å². The minimum atomic E-state index is 0.419. The number of ether oxygens (including phenoxy) is 1. The molecule has 4 rings (SSSR count). The number of hydrogen-bond acceptors (Lipinski definition) is 3. The van der Waals surface area contributed by atoms with E-state index >= 15 is 0 Å². The Morgan fingerprint density at radius 3 is 2.46 bits per heavy atom. The molecule has 124 valence electrons. The predicted octanol–water partition coefficient (Wildman–Crippen LogP) is 3.87. The van der Waals surface area contributed by atoms with Crippen molar-refractivity contribution in [2.45, 2.75) is 37.8 Å². The first-order valence-corrected chi connectivity index (χ1v) is 8.49. The minimum Gasteiger partial charge on any atom is -0.381 e. The van der Waals surface area contributed by atoms with E-state index in [4.69, 9.17) is 4.74 Å². The van der Waals surface area contributed by atoms with E-state index in [9.17, 15) is 0 Å². The molecule has 2 heterocycles. The molecule has 0 aliphatic heterocycles. The monoisotopic (exact) mass is 322 g/mol. The van der Waals surface area contributed by atoms with Gasteiger partial charge in [0, 0.05) is 49.2 Å². The van der Waals surface area contributed by atoms with Gasteiger partial charge in [-0.25, -0.2) is 9.97 Å². The van der Waals surface area contributed by atoms with Crippen LogP contribution < -0.4 is 0 Å². The summed E-state index contributed by atoms with van der Waals surface area (Å²) in [4.78, 5) is 8.70. The summed E-state index contributed by atoms with van der Waals surface area (Å²) < 4.78 is 9.82. The van der Waals surface area contributed by atoms with Crippen LogP contribution in [0.3, 0.4) is 0 Å². The van der Waals surface area contributed by atoms with Gasteiger partial charge in [-0.05, 0) is 49.9 Å². The highest BCUT2D eigenvalue weighted by atomic mass is 16.5. The molecule has 1 aliphatic carbocycles. The van der Waals surface area contributed by atoms with Crippen LogP contribution >= 0.6 is 0 Å². The summed E-state index contributed by atoms with van der Waals surface area (Å²) in [6, 6.07) is 9.00. The van der Waals surface area contributed by atoms with Crippen molar-refractivity contribution in [2.24, 2.45) is 0 Å². The first-order valence-electron chi connectivity index (χ1n) is 8.49. The van der Waals surface area contributed by atoms with Gasteiger partial charge in [-0.1, -0.05) is 0 Å². The Morgan fingerprint density at radius 2 is 1.79 bits per heavy atom. The molecule has 24 heavy (non-hydrogen) atoms. The largest absolute Gasteiger partial charge is 0.381 e. The topological polar surface area (TPSA) is 44.9 Å². The van der Waals surface area contributed by atoms with E-state index in [-0.39, 0.29) is 0 Å². The maximum absolute atomic E-state index is 5.49. The van der Waals surface area contributed by atoms with E-state index in [0.29, 0.717) is 12.1 Å². The van der Waals surface area contributed by atoms with Crippen LogP contribution in [0.1, 0.15) is 31.7 Å². The highest BCUT2D eigenvalue weighted by Gasteiger charge is 2.23. The lowest BCUT2D eigenvalue weighted by molar-refractivity contribution is 0.0586. The van der Waals surface area contributed by atoms with Crippen molar-refractivity contribution in [3.63, 3.8) is 0 Å². The Balaban J connectivity index is 1.56. The van der Waals surface area contributed by atoms with Crippen LogP contribution in [0, 0.1) is 0 Å². The second-order valence-corrected chi connectivity index (χ2v) is 6.34. The molecule has 1 aromatic carbocycles. The molecule has 0 unspecified atom stereocenters. The predicted molar refractivity (Wildman–Crippen MR) is 93.1 cm³/mol. The van der Waals surface area contributed by atoms with Gasteiger partial charge >= 0.3 is 0 Å². The molecule has 0 spiro atoms. The third kappa shape index (κ3) is 2.87. The highest BCUT2D eigenvalue weighted by molar-refractivity contribution is 5.58. The molecule has 5 heteroatoms. The Kier molecular flexibility index (Phi) is 4.17. The van der Waals surface area contributed by atoms with Gasteiger partial charge in [-0.15, -0.1) is 0 Å². The van der Waals surface area contributed by atoms with Crippen LogP contribution in [0.25, 0.3) is 17.1 Å². The van der Waals surface area contributed by atoms with E-state index in [1.54, 1.807) is 6.20 Å². The summed E-state index contributed by atoms with van der Waals surface area (Å²) in [5.74, 6) is 1.05.